The Morgan fingerprint density at radius 1 is 1.29 bits per heavy atom. The van der Waals surface area contributed by atoms with E-state index in [9.17, 15) is 4.79 Å². The summed E-state index contributed by atoms with van der Waals surface area (Å²) in [4.78, 5) is 10.4. The lowest BCUT2D eigenvalue weighted by molar-refractivity contribution is -0.136. The standard InChI is InChI=1S/C18H23N3O2S/c1-15(8-11-24-12-9-18(22)23)7-10-21-14-17(19-20-21)13-16-5-3-2-4-6-16/h2-6,8,14H,7,9-13H2,1H3,(H,22,23)/b15-8+. The summed E-state index contributed by atoms with van der Waals surface area (Å²) >= 11 is 1.64. The Balaban J connectivity index is 1.71. The van der Waals surface area contributed by atoms with Crippen LogP contribution >= 0.6 is 11.8 Å². The first-order valence-corrected chi connectivity index (χ1v) is 9.17. The van der Waals surface area contributed by atoms with E-state index in [2.05, 4.69) is 35.4 Å². The van der Waals surface area contributed by atoms with Crippen LogP contribution in [0.15, 0.2) is 48.2 Å². The normalized spacial score (nSPS) is 11.6. The van der Waals surface area contributed by atoms with E-state index in [1.165, 1.54) is 11.1 Å². The van der Waals surface area contributed by atoms with Gasteiger partial charge in [-0.3, -0.25) is 9.48 Å². The molecule has 0 fully saturated rings. The summed E-state index contributed by atoms with van der Waals surface area (Å²) in [5.41, 5.74) is 3.50. The number of thioether (sulfide) groups is 1. The fraction of sp³-hybridized carbons (Fsp3) is 0.389. The van der Waals surface area contributed by atoms with Gasteiger partial charge in [0.05, 0.1) is 12.1 Å². The Hall–Kier alpha value is -2.08. The minimum absolute atomic E-state index is 0.223. The molecule has 0 radical (unpaired) electrons. The van der Waals surface area contributed by atoms with Crippen molar-refractivity contribution >= 4 is 17.7 Å². The highest BCUT2D eigenvalue weighted by atomic mass is 32.2. The first-order chi connectivity index (χ1) is 11.6. The number of allylic oxidation sites excluding steroid dienone is 1. The summed E-state index contributed by atoms with van der Waals surface area (Å²) in [5.74, 6) is 0.779. The molecule has 0 bridgehead atoms. The number of aryl methyl sites for hydroxylation is 1. The highest BCUT2D eigenvalue weighted by Crippen LogP contribution is 2.09. The highest BCUT2D eigenvalue weighted by molar-refractivity contribution is 7.99. The van der Waals surface area contributed by atoms with Gasteiger partial charge in [0.15, 0.2) is 0 Å². The summed E-state index contributed by atoms with van der Waals surface area (Å²) in [7, 11) is 0. The molecule has 1 N–H and O–H groups in total. The summed E-state index contributed by atoms with van der Waals surface area (Å²) in [6, 6.07) is 10.3. The van der Waals surface area contributed by atoms with E-state index in [-0.39, 0.29) is 6.42 Å². The summed E-state index contributed by atoms with van der Waals surface area (Å²) < 4.78 is 1.88. The van der Waals surface area contributed by atoms with Gasteiger partial charge in [-0.15, -0.1) is 5.10 Å². The monoisotopic (exact) mass is 345 g/mol. The molecule has 0 atom stereocenters. The van der Waals surface area contributed by atoms with Crippen LogP contribution in [-0.2, 0) is 17.8 Å². The Morgan fingerprint density at radius 2 is 2.08 bits per heavy atom. The van der Waals surface area contributed by atoms with Crippen LogP contribution < -0.4 is 0 Å². The Bertz CT molecular complexity index is 668. The van der Waals surface area contributed by atoms with Gasteiger partial charge in [-0.05, 0) is 18.9 Å². The van der Waals surface area contributed by atoms with E-state index in [0.717, 1.165) is 30.8 Å². The summed E-state index contributed by atoms with van der Waals surface area (Å²) in [5, 5.41) is 17.0. The molecule has 0 aliphatic heterocycles. The largest absolute Gasteiger partial charge is 0.481 e. The molecule has 0 unspecified atom stereocenters. The number of carbonyl (C=O) groups is 1. The van der Waals surface area contributed by atoms with Gasteiger partial charge < -0.3 is 5.11 Å². The Morgan fingerprint density at radius 3 is 2.83 bits per heavy atom. The SMILES string of the molecule is C/C(=C\CSCCC(=O)O)CCn1cc(Cc2ccccc2)nn1. The minimum atomic E-state index is -0.735. The number of hydrogen-bond acceptors (Lipinski definition) is 4. The van der Waals surface area contributed by atoms with E-state index in [1.54, 1.807) is 11.8 Å². The second-order valence-corrected chi connectivity index (χ2v) is 6.80. The molecule has 1 aromatic heterocycles. The number of carboxylic acids is 1. The lowest BCUT2D eigenvalue weighted by Crippen LogP contribution is -1.99. The van der Waals surface area contributed by atoms with Crippen molar-refractivity contribution in [2.75, 3.05) is 11.5 Å². The van der Waals surface area contributed by atoms with Gasteiger partial charge in [0.25, 0.3) is 0 Å². The number of benzene rings is 1. The Kier molecular flexibility index (Phi) is 7.55. The molecule has 0 saturated carbocycles. The molecule has 1 aromatic carbocycles. The van der Waals surface area contributed by atoms with Gasteiger partial charge in [0.2, 0.25) is 0 Å². The third-order valence-corrected chi connectivity index (χ3v) is 4.45. The van der Waals surface area contributed by atoms with E-state index in [1.807, 2.05) is 29.1 Å². The quantitative estimate of drug-likeness (QED) is 0.528. The molecular formula is C18H23N3O2S. The van der Waals surface area contributed by atoms with Crippen LogP contribution in [0.25, 0.3) is 0 Å². The topological polar surface area (TPSA) is 68.0 Å². The predicted octanol–water partition coefficient (Wildman–Crippen LogP) is 3.41. The maximum absolute atomic E-state index is 10.4. The zero-order valence-corrected chi connectivity index (χ0v) is 14.7. The molecule has 0 spiro atoms. The Labute approximate surface area is 146 Å². The molecule has 6 heteroatoms. The number of hydrogen-bond donors (Lipinski definition) is 1. The number of rotatable bonds is 10. The van der Waals surface area contributed by atoms with Crippen molar-refractivity contribution in [3.05, 3.63) is 59.4 Å². The van der Waals surface area contributed by atoms with Crippen LogP contribution in [0.1, 0.15) is 31.0 Å². The number of aromatic nitrogens is 3. The maximum Gasteiger partial charge on any atom is 0.304 e. The van der Waals surface area contributed by atoms with Gasteiger partial charge in [-0.1, -0.05) is 47.2 Å². The number of aliphatic carboxylic acids is 1. The third-order valence-electron chi connectivity index (χ3n) is 3.56. The van der Waals surface area contributed by atoms with Gasteiger partial charge in [0.1, 0.15) is 0 Å². The highest BCUT2D eigenvalue weighted by Gasteiger charge is 2.02. The molecule has 1 heterocycles. The van der Waals surface area contributed by atoms with Gasteiger partial charge in [-0.2, -0.15) is 11.8 Å². The fourth-order valence-corrected chi connectivity index (χ4v) is 3.06. The average molecular weight is 345 g/mol. The first-order valence-electron chi connectivity index (χ1n) is 8.01. The van der Waals surface area contributed by atoms with Crippen LogP contribution in [0.3, 0.4) is 0 Å². The maximum atomic E-state index is 10.4. The van der Waals surface area contributed by atoms with Crippen LogP contribution in [0.5, 0.6) is 0 Å². The van der Waals surface area contributed by atoms with Gasteiger partial charge >= 0.3 is 5.97 Å². The second kappa shape index (κ2) is 9.93. The van der Waals surface area contributed by atoms with Crippen molar-refractivity contribution in [3.63, 3.8) is 0 Å². The van der Waals surface area contributed by atoms with Crippen LogP contribution in [0.2, 0.25) is 0 Å². The van der Waals surface area contributed by atoms with E-state index < -0.39 is 5.97 Å². The molecular weight excluding hydrogens is 322 g/mol. The zero-order chi connectivity index (χ0) is 17.2. The second-order valence-electron chi connectivity index (χ2n) is 5.65. The zero-order valence-electron chi connectivity index (χ0n) is 13.9. The minimum Gasteiger partial charge on any atom is -0.481 e. The van der Waals surface area contributed by atoms with Crippen LogP contribution in [0, 0.1) is 0 Å². The van der Waals surface area contributed by atoms with E-state index in [0.29, 0.717) is 5.75 Å². The van der Waals surface area contributed by atoms with Crippen molar-refractivity contribution in [2.24, 2.45) is 0 Å². The number of carboxylic acid groups (broad SMARTS) is 1. The van der Waals surface area contributed by atoms with Crippen LogP contribution in [0.4, 0.5) is 0 Å². The molecule has 5 nitrogen and oxygen atoms in total. The van der Waals surface area contributed by atoms with Crippen LogP contribution in [-0.4, -0.2) is 37.6 Å². The molecule has 2 rings (SSSR count). The lowest BCUT2D eigenvalue weighted by atomic mass is 10.1. The summed E-state index contributed by atoms with van der Waals surface area (Å²) in [6.45, 7) is 2.91. The van der Waals surface area contributed by atoms with Gasteiger partial charge in [-0.25, -0.2) is 0 Å². The van der Waals surface area contributed by atoms with Crippen molar-refractivity contribution < 1.29 is 9.90 Å². The van der Waals surface area contributed by atoms with Gasteiger partial charge in [0, 0.05) is 30.7 Å². The van der Waals surface area contributed by atoms with E-state index >= 15 is 0 Å². The molecule has 0 aliphatic rings. The summed E-state index contributed by atoms with van der Waals surface area (Å²) in [6.07, 6.45) is 6.11. The van der Waals surface area contributed by atoms with E-state index in [4.69, 9.17) is 5.11 Å². The predicted molar refractivity (Wildman–Crippen MR) is 97.2 cm³/mol. The van der Waals surface area contributed by atoms with Crippen molar-refractivity contribution in [1.82, 2.24) is 15.0 Å². The first kappa shape index (κ1) is 18.3. The van der Waals surface area contributed by atoms with Crippen molar-refractivity contribution in [1.29, 1.82) is 0 Å². The lowest BCUT2D eigenvalue weighted by Gasteiger charge is -2.02. The molecule has 0 amide bonds. The molecule has 0 saturated heterocycles. The number of nitrogens with zero attached hydrogens (tertiary/aromatic N) is 3. The molecule has 0 aliphatic carbocycles. The molecule has 2 aromatic rings. The average Bonchev–Trinajstić information content (AvgIpc) is 3.01. The molecule has 128 valence electrons. The smallest absolute Gasteiger partial charge is 0.304 e. The molecule has 24 heavy (non-hydrogen) atoms. The van der Waals surface area contributed by atoms with Crippen molar-refractivity contribution in [2.45, 2.75) is 32.7 Å². The van der Waals surface area contributed by atoms with Crippen molar-refractivity contribution in [3.8, 4) is 0 Å². The third kappa shape index (κ3) is 7.00. The fourth-order valence-electron chi connectivity index (χ4n) is 2.17.